The molecular weight excluding hydrogens is 240 g/mol. The summed E-state index contributed by atoms with van der Waals surface area (Å²) in [7, 11) is -3.33. The van der Waals surface area contributed by atoms with Crippen molar-refractivity contribution in [3.63, 3.8) is 0 Å². The Hall–Kier alpha value is -1.56. The van der Waals surface area contributed by atoms with E-state index in [2.05, 4.69) is 10.6 Å². The Balaban J connectivity index is 2.17. The Kier molecular flexibility index (Phi) is 3.06. The van der Waals surface area contributed by atoms with Crippen LogP contribution in [0.3, 0.4) is 0 Å². The SMILES string of the molecule is CS(=O)(=O)c1ccccc1NC(=O)NC1CC1. The van der Waals surface area contributed by atoms with Crippen LogP contribution in [0.4, 0.5) is 10.5 Å². The van der Waals surface area contributed by atoms with Crippen molar-refractivity contribution in [1.29, 1.82) is 0 Å². The molecule has 1 aromatic carbocycles. The van der Waals surface area contributed by atoms with Crippen LogP contribution in [-0.4, -0.2) is 26.7 Å². The Bertz CT molecular complexity index is 535. The minimum absolute atomic E-state index is 0.131. The molecule has 2 rings (SSSR count). The second-order valence-corrected chi connectivity index (χ2v) is 6.13. The summed E-state index contributed by atoms with van der Waals surface area (Å²) in [6.07, 6.45) is 3.09. The van der Waals surface area contributed by atoms with E-state index in [0.29, 0.717) is 5.69 Å². The summed E-state index contributed by atoms with van der Waals surface area (Å²) in [6.45, 7) is 0. The minimum Gasteiger partial charge on any atom is -0.335 e. The Morgan fingerprint density at radius 2 is 1.94 bits per heavy atom. The fourth-order valence-corrected chi connectivity index (χ4v) is 2.31. The predicted octanol–water partition coefficient (Wildman–Crippen LogP) is 1.37. The highest BCUT2D eigenvalue weighted by Crippen LogP contribution is 2.22. The molecule has 0 radical (unpaired) electrons. The topological polar surface area (TPSA) is 75.3 Å². The molecule has 0 saturated heterocycles. The van der Waals surface area contributed by atoms with Crippen molar-refractivity contribution in [2.24, 2.45) is 0 Å². The zero-order valence-corrected chi connectivity index (χ0v) is 10.3. The fourth-order valence-electron chi connectivity index (χ4n) is 1.46. The molecule has 0 atom stereocenters. The lowest BCUT2D eigenvalue weighted by Crippen LogP contribution is -2.30. The van der Waals surface area contributed by atoms with Gasteiger partial charge in [-0.3, -0.25) is 0 Å². The maximum Gasteiger partial charge on any atom is 0.319 e. The number of benzene rings is 1. The average molecular weight is 254 g/mol. The third kappa shape index (κ3) is 3.20. The van der Waals surface area contributed by atoms with E-state index in [-0.39, 0.29) is 17.0 Å². The van der Waals surface area contributed by atoms with Crippen molar-refractivity contribution in [3.05, 3.63) is 24.3 Å². The van der Waals surface area contributed by atoms with Gasteiger partial charge in [0, 0.05) is 12.3 Å². The van der Waals surface area contributed by atoms with Crippen LogP contribution in [0.5, 0.6) is 0 Å². The molecule has 0 spiro atoms. The van der Waals surface area contributed by atoms with Gasteiger partial charge in [-0.15, -0.1) is 0 Å². The monoisotopic (exact) mass is 254 g/mol. The summed E-state index contributed by atoms with van der Waals surface area (Å²) >= 11 is 0. The number of rotatable bonds is 3. The van der Waals surface area contributed by atoms with Gasteiger partial charge in [-0.2, -0.15) is 0 Å². The molecule has 2 N–H and O–H groups in total. The molecule has 1 saturated carbocycles. The van der Waals surface area contributed by atoms with Gasteiger partial charge in [0.05, 0.1) is 10.6 Å². The number of carbonyl (C=O) groups is 1. The highest BCUT2D eigenvalue weighted by atomic mass is 32.2. The van der Waals surface area contributed by atoms with Crippen LogP contribution in [0.25, 0.3) is 0 Å². The fraction of sp³-hybridized carbons (Fsp3) is 0.364. The Labute approximate surface area is 100 Å². The number of para-hydroxylation sites is 1. The highest BCUT2D eigenvalue weighted by Gasteiger charge is 2.24. The number of sulfone groups is 1. The van der Waals surface area contributed by atoms with E-state index in [1.54, 1.807) is 18.2 Å². The maximum atomic E-state index is 11.5. The first kappa shape index (κ1) is 11.9. The standard InChI is InChI=1S/C11H14N2O3S/c1-17(15,16)10-5-3-2-4-9(10)13-11(14)12-8-6-7-8/h2-5,8H,6-7H2,1H3,(H2,12,13,14). The number of hydrogen-bond acceptors (Lipinski definition) is 3. The third-order valence-electron chi connectivity index (χ3n) is 2.45. The number of amides is 2. The molecule has 0 bridgehead atoms. The van der Waals surface area contributed by atoms with Crippen LogP contribution in [0.2, 0.25) is 0 Å². The van der Waals surface area contributed by atoms with Gasteiger partial charge < -0.3 is 10.6 Å². The number of hydrogen-bond donors (Lipinski definition) is 2. The summed E-state index contributed by atoms with van der Waals surface area (Å²) in [6, 6.07) is 6.23. The first-order valence-corrected chi connectivity index (χ1v) is 7.22. The molecule has 17 heavy (non-hydrogen) atoms. The minimum atomic E-state index is -3.33. The van der Waals surface area contributed by atoms with E-state index in [0.717, 1.165) is 19.1 Å². The van der Waals surface area contributed by atoms with E-state index < -0.39 is 9.84 Å². The summed E-state index contributed by atoms with van der Waals surface area (Å²) in [5.74, 6) is 0. The Morgan fingerprint density at radius 1 is 1.29 bits per heavy atom. The van der Waals surface area contributed by atoms with Crippen LogP contribution in [0.1, 0.15) is 12.8 Å². The maximum absolute atomic E-state index is 11.5. The van der Waals surface area contributed by atoms with Gasteiger partial charge in [-0.1, -0.05) is 12.1 Å². The largest absolute Gasteiger partial charge is 0.335 e. The van der Waals surface area contributed by atoms with Crippen molar-refractivity contribution < 1.29 is 13.2 Å². The lowest BCUT2D eigenvalue weighted by atomic mass is 10.3. The molecule has 6 heteroatoms. The van der Waals surface area contributed by atoms with E-state index in [1.807, 2.05) is 0 Å². The molecule has 92 valence electrons. The van der Waals surface area contributed by atoms with Crippen molar-refractivity contribution in [2.45, 2.75) is 23.8 Å². The summed E-state index contributed by atoms with van der Waals surface area (Å²) < 4.78 is 23.0. The summed E-state index contributed by atoms with van der Waals surface area (Å²) in [4.78, 5) is 11.7. The van der Waals surface area contributed by atoms with Crippen molar-refractivity contribution in [2.75, 3.05) is 11.6 Å². The van der Waals surface area contributed by atoms with Gasteiger partial charge in [-0.25, -0.2) is 13.2 Å². The highest BCUT2D eigenvalue weighted by molar-refractivity contribution is 7.90. The van der Waals surface area contributed by atoms with Crippen molar-refractivity contribution in [3.8, 4) is 0 Å². The zero-order chi connectivity index (χ0) is 12.5. The van der Waals surface area contributed by atoms with E-state index in [1.165, 1.54) is 6.07 Å². The summed E-state index contributed by atoms with van der Waals surface area (Å²) in [5, 5.41) is 5.30. The second kappa shape index (κ2) is 4.37. The summed E-state index contributed by atoms with van der Waals surface area (Å²) in [5.41, 5.74) is 0.313. The van der Waals surface area contributed by atoms with E-state index in [4.69, 9.17) is 0 Å². The smallest absolute Gasteiger partial charge is 0.319 e. The van der Waals surface area contributed by atoms with Crippen molar-refractivity contribution >= 4 is 21.6 Å². The molecule has 1 aliphatic rings. The molecule has 0 aliphatic heterocycles. The van der Waals surface area contributed by atoms with Crippen LogP contribution in [-0.2, 0) is 9.84 Å². The van der Waals surface area contributed by atoms with E-state index in [9.17, 15) is 13.2 Å². The predicted molar refractivity (Wildman–Crippen MR) is 64.7 cm³/mol. The lowest BCUT2D eigenvalue weighted by Gasteiger charge is -2.10. The third-order valence-corrected chi connectivity index (χ3v) is 3.60. The molecule has 1 aromatic rings. The van der Waals surface area contributed by atoms with Gasteiger partial charge >= 0.3 is 6.03 Å². The second-order valence-electron chi connectivity index (χ2n) is 4.14. The first-order valence-electron chi connectivity index (χ1n) is 5.33. The molecule has 0 unspecified atom stereocenters. The Morgan fingerprint density at radius 3 is 2.53 bits per heavy atom. The van der Waals surface area contributed by atoms with Crippen LogP contribution < -0.4 is 10.6 Å². The molecular formula is C11H14N2O3S. The average Bonchev–Trinajstić information content (AvgIpc) is 3.00. The van der Waals surface area contributed by atoms with Crippen LogP contribution in [0, 0.1) is 0 Å². The number of carbonyl (C=O) groups excluding carboxylic acids is 1. The number of anilines is 1. The molecule has 2 amide bonds. The van der Waals surface area contributed by atoms with Gasteiger partial charge in [0.15, 0.2) is 9.84 Å². The molecule has 5 nitrogen and oxygen atoms in total. The molecule has 1 fully saturated rings. The van der Waals surface area contributed by atoms with Gasteiger partial charge in [0.1, 0.15) is 0 Å². The molecule has 0 heterocycles. The van der Waals surface area contributed by atoms with Crippen molar-refractivity contribution in [1.82, 2.24) is 5.32 Å². The quantitative estimate of drug-likeness (QED) is 0.855. The lowest BCUT2D eigenvalue weighted by molar-refractivity contribution is 0.251. The van der Waals surface area contributed by atoms with Gasteiger partial charge in [0.2, 0.25) is 0 Å². The number of urea groups is 1. The molecule has 0 aromatic heterocycles. The van der Waals surface area contributed by atoms with Gasteiger partial charge in [0.25, 0.3) is 0 Å². The zero-order valence-electron chi connectivity index (χ0n) is 9.43. The van der Waals surface area contributed by atoms with E-state index >= 15 is 0 Å². The van der Waals surface area contributed by atoms with Gasteiger partial charge in [-0.05, 0) is 25.0 Å². The van der Waals surface area contributed by atoms with Crippen LogP contribution >= 0.6 is 0 Å². The first-order chi connectivity index (χ1) is 7.97. The molecule has 1 aliphatic carbocycles. The van der Waals surface area contributed by atoms with Crippen LogP contribution in [0.15, 0.2) is 29.2 Å². The normalized spacial score (nSPS) is 15.4. The number of nitrogens with one attached hydrogen (secondary N) is 2.